The predicted molar refractivity (Wildman–Crippen MR) is 101 cm³/mol. The third kappa shape index (κ3) is 6.65. The molecule has 140 valence electrons. The van der Waals surface area contributed by atoms with Gasteiger partial charge in [0.15, 0.2) is 0 Å². The van der Waals surface area contributed by atoms with Crippen molar-refractivity contribution in [3.8, 4) is 0 Å². The normalized spacial score (nSPS) is 16.0. The van der Waals surface area contributed by atoms with E-state index < -0.39 is 0 Å². The molecule has 2 rings (SSSR count). The van der Waals surface area contributed by atoms with E-state index in [1.807, 2.05) is 0 Å². The lowest BCUT2D eigenvalue weighted by Gasteiger charge is -2.40. The smallest absolute Gasteiger partial charge is 0.315 e. The molecule has 0 saturated carbocycles. The zero-order chi connectivity index (χ0) is 18.3. The number of amides is 2. The lowest BCUT2D eigenvalue weighted by molar-refractivity contribution is -0.00874. The number of rotatable bonds is 7. The van der Waals surface area contributed by atoms with E-state index in [0.29, 0.717) is 13.1 Å². The number of morpholine rings is 1. The highest BCUT2D eigenvalue weighted by molar-refractivity contribution is 5.73. The Morgan fingerprint density at radius 2 is 1.72 bits per heavy atom. The lowest BCUT2D eigenvalue weighted by atomic mass is 10.0. The van der Waals surface area contributed by atoms with Gasteiger partial charge in [0.05, 0.1) is 13.2 Å². The number of ether oxygens (including phenoxy) is 1. The van der Waals surface area contributed by atoms with Crippen molar-refractivity contribution < 1.29 is 9.53 Å². The molecule has 1 heterocycles. The summed E-state index contributed by atoms with van der Waals surface area (Å²) in [6.07, 6.45) is 0. The lowest BCUT2D eigenvalue weighted by Crippen LogP contribution is -2.56. The molecule has 1 aromatic rings. The summed E-state index contributed by atoms with van der Waals surface area (Å²) < 4.78 is 5.39. The third-order valence-corrected chi connectivity index (χ3v) is 4.52. The average molecular weight is 348 g/mol. The molecule has 6 heteroatoms. The maximum atomic E-state index is 12.1. The number of carbonyl (C=O) groups excluding carboxylic acids is 1. The Kier molecular flexibility index (Phi) is 7.23. The number of nitrogens with one attached hydrogen (secondary N) is 2. The van der Waals surface area contributed by atoms with Gasteiger partial charge in [0.25, 0.3) is 0 Å². The summed E-state index contributed by atoms with van der Waals surface area (Å²) in [5.74, 6) is 0. The summed E-state index contributed by atoms with van der Waals surface area (Å²) >= 11 is 0. The molecular weight excluding hydrogens is 316 g/mol. The molecule has 0 spiro atoms. The number of nitrogens with zero attached hydrogens (tertiary/aromatic N) is 2. The van der Waals surface area contributed by atoms with Gasteiger partial charge in [-0.3, -0.25) is 4.90 Å². The topological polar surface area (TPSA) is 56.8 Å². The summed E-state index contributed by atoms with van der Waals surface area (Å²) in [4.78, 5) is 16.6. The van der Waals surface area contributed by atoms with Gasteiger partial charge in [-0.2, -0.15) is 0 Å². The van der Waals surface area contributed by atoms with Crippen LogP contribution in [-0.2, 0) is 17.8 Å². The number of benzene rings is 1. The highest BCUT2D eigenvalue weighted by atomic mass is 16.5. The zero-order valence-corrected chi connectivity index (χ0v) is 16.0. The molecule has 0 aromatic heterocycles. The molecule has 1 saturated heterocycles. The fourth-order valence-electron chi connectivity index (χ4n) is 2.95. The van der Waals surface area contributed by atoms with Crippen LogP contribution in [0.1, 0.15) is 25.0 Å². The first-order chi connectivity index (χ1) is 11.9. The third-order valence-electron chi connectivity index (χ3n) is 4.52. The van der Waals surface area contributed by atoms with E-state index in [1.165, 1.54) is 5.56 Å². The molecule has 2 N–H and O–H groups in total. The Balaban J connectivity index is 1.73. The molecule has 1 aromatic carbocycles. The van der Waals surface area contributed by atoms with Crippen molar-refractivity contribution in [1.82, 2.24) is 20.4 Å². The molecule has 0 unspecified atom stereocenters. The molecule has 1 aliphatic rings. The van der Waals surface area contributed by atoms with E-state index in [4.69, 9.17) is 4.74 Å². The summed E-state index contributed by atoms with van der Waals surface area (Å²) in [6.45, 7) is 9.73. The summed E-state index contributed by atoms with van der Waals surface area (Å²) in [7, 11) is 4.11. The molecule has 1 fully saturated rings. The van der Waals surface area contributed by atoms with Crippen LogP contribution in [0.25, 0.3) is 0 Å². The largest absolute Gasteiger partial charge is 0.379 e. The Bertz CT molecular complexity index is 537. The first-order valence-corrected chi connectivity index (χ1v) is 8.94. The molecular formula is C19H32N4O2. The molecule has 0 bridgehead atoms. The standard InChI is InChI=1S/C19H32N4O2/c1-19(2,23-9-11-25-12-10-23)15-21-18(24)20-13-16-5-7-17(8-6-16)14-22(3)4/h5-8H,9-15H2,1-4H3,(H2,20,21,24). The van der Waals surface area contributed by atoms with E-state index in [1.54, 1.807) is 0 Å². The van der Waals surface area contributed by atoms with Crippen molar-refractivity contribution in [3.63, 3.8) is 0 Å². The summed E-state index contributed by atoms with van der Waals surface area (Å²) in [6, 6.07) is 8.22. The van der Waals surface area contributed by atoms with Crippen molar-refractivity contribution in [1.29, 1.82) is 0 Å². The average Bonchev–Trinajstić information content (AvgIpc) is 2.60. The Morgan fingerprint density at radius 1 is 1.12 bits per heavy atom. The Morgan fingerprint density at radius 3 is 2.32 bits per heavy atom. The molecule has 0 radical (unpaired) electrons. The second-order valence-electron chi connectivity index (χ2n) is 7.50. The van der Waals surface area contributed by atoms with Crippen LogP contribution < -0.4 is 10.6 Å². The van der Waals surface area contributed by atoms with Crippen LogP contribution in [0, 0.1) is 0 Å². The van der Waals surface area contributed by atoms with Gasteiger partial charge >= 0.3 is 6.03 Å². The fourth-order valence-corrected chi connectivity index (χ4v) is 2.95. The molecule has 0 atom stereocenters. The van der Waals surface area contributed by atoms with Gasteiger partial charge < -0.3 is 20.3 Å². The van der Waals surface area contributed by atoms with E-state index in [-0.39, 0.29) is 11.6 Å². The zero-order valence-electron chi connectivity index (χ0n) is 16.0. The van der Waals surface area contributed by atoms with Crippen LogP contribution in [0.2, 0.25) is 0 Å². The van der Waals surface area contributed by atoms with Crippen LogP contribution in [0.5, 0.6) is 0 Å². The Hall–Kier alpha value is -1.63. The van der Waals surface area contributed by atoms with Crippen molar-refractivity contribution in [2.75, 3.05) is 46.9 Å². The first-order valence-electron chi connectivity index (χ1n) is 8.94. The monoisotopic (exact) mass is 348 g/mol. The van der Waals surface area contributed by atoms with Crippen LogP contribution in [0.15, 0.2) is 24.3 Å². The van der Waals surface area contributed by atoms with Crippen molar-refractivity contribution in [2.45, 2.75) is 32.5 Å². The summed E-state index contributed by atoms with van der Waals surface area (Å²) in [5, 5.41) is 5.92. The number of hydrogen-bond acceptors (Lipinski definition) is 4. The summed E-state index contributed by atoms with van der Waals surface area (Å²) in [5.41, 5.74) is 2.30. The first kappa shape index (κ1) is 19.7. The highest BCUT2D eigenvalue weighted by Gasteiger charge is 2.28. The van der Waals surface area contributed by atoms with Crippen molar-refractivity contribution in [3.05, 3.63) is 35.4 Å². The quantitative estimate of drug-likeness (QED) is 0.787. The van der Waals surface area contributed by atoms with Crippen LogP contribution in [-0.4, -0.2) is 68.3 Å². The van der Waals surface area contributed by atoms with E-state index in [0.717, 1.165) is 38.4 Å². The second kappa shape index (κ2) is 9.17. The van der Waals surface area contributed by atoms with Gasteiger partial charge in [-0.15, -0.1) is 0 Å². The van der Waals surface area contributed by atoms with Crippen LogP contribution >= 0.6 is 0 Å². The van der Waals surface area contributed by atoms with E-state index >= 15 is 0 Å². The van der Waals surface area contributed by atoms with Crippen molar-refractivity contribution in [2.24, 2.45) is 0 Å². The van der Waals surface area contributed by atoms with Gasteiger partial charge in [0.1, 0.15) is 0 Å². The maximum Gasteiger partial charge on any atom is 0.315 e. The van der Waals surface area contributed by atoms with Crippen molar-refractivity contribution >= 4 is 6.03 Å². The van der Waals surface area contributed by atoms with Gasteiger partial charge in [-0.05, 0) is 39.1 Å². The van der Waals surface area contributed by atoms with Gasteiger partial charge in [0.2, 0.25) is 0 Å². The Labute approximate surface area is 151 Å². The number of urea groups is 1. The van der Waals surface area contributed by atoms with Gasteiger partial charge in [-0.25, -0.2) is 4.79 Å². The molecule has 1 aliphatic heterocycles. The molecule has 25 heavy (non-hydrogen) atoms. The fraction of sp³-hybridized carbons (Fsp3) is 0.632. The molecule has 0 aliphatic carbocycles. The van der Waals surface area contributed by atoms with Gasteiger partial charge in [0, 0.05) is 38.3 Å². The molecule has 6 nitrogen and oxygen atoms in total. The minimum absolute atomic E-state index is 0.0745. The number of carbonyl (C=O) groups is 1. The minimum atomic E-state index is -0.126. The van der Waals surface area contributed by atoms with Crippen LogP contribution in [0.3, 0.4) is 0 Å². The highest BCUT2D eigenvalue weighted by Crippen LogP contribution is 2.15. The molecule has 2 amide bonds. The minimum Gasteiger partial charge on any atom is -0.379 e. The maximum absolute atomic E-state index is 12.1. The van der Waals surface area contributed by atoms with E-state index in [9.17, 15) is 4.79 Å². The number of hydrogen-bond donors (Lipinski definition) is 2. The van der Waals surface area contributed by atoms with Crippen LogP contribution in [0.4, 0.5) is 4.79 Å². The van der Waals surface area contributed by atoms with Gasteiger partial charge in [-0.1, -0.05) is 24.3 Å². The van der Waals surface area contributed by atoms with E-state index in [2.05, 4.69) is 72.6 Å². The second-order valence-corrected chi connectivity index (χ2v) is 7.50. The SMILES string of the molecule is CN(C)Cc1ccc(CNC(=O)NCC(C)(C)N2CCOCC2)cc1. The predicted octanol–water partition coefficient (Wildman–Crippen LogP) is 1.66.